The van der Waals surface area contributed by atoms with Gasteiger partial charge in [-0.2, -0.15) is 5.10 Å². The zero-order valence-electron chi connectivity index (χ0n) is 18.6. The highest BCUT2D eigenvalue weighted by atomic mass is 127. The number of benzene rings is 5. The molecule has 0 saturated carbocycles. The maximum atomic E-state index is 12.5. The Kier molecular flexibility index (Phi) is 6.63. The van der Waals surface area contributed by atoms with E-state index in [4.69, 9.17) is 4.74 Å². The van der Waals surface area contributed by atoms with Gasteiger partial charge >= 0.3 is 0 Å². The van der Waals surface area contributed by atoms with Crippen molar-refractivity contribution in [3.8, 4) is 11.5 Å². The lowest BCUT2D eigenvalue weighted by Gasteiger charge is -2.11. The van der Waals surface area contributed by atoms with Gasteiger partial charge in [0, 0.05) is 0 Å². The lowest BCUT2D eigenvalue weighted by atomic mass is 10.1. The number of aromatic hydroxyl groups is 1. The highest BCUT2D eigenvalue weighted by Crippen LogP contribution is 2.26. The van der Waals surface area contributed by atoms with E-state index in [1.165, 1.54) is 10.8 Å². The number of ether oxygens (including phenoxy) is 1. The second-order valence-corrected chi connectivity index (χ2v) is 9.19. The second kappa shape index (κ2) is 10.1. The number of carbonyl (C=O) groups is 1. The van der Waals surface area contributed by atoms with Crippen molar-refractivity contribution in [2.24, 2.45) is 5.10 Å². The van der Waals surface area contributed by atoms with Gasteiger partial charge in [-0.15, -0.1) is 0 Å². The van der Waals surface area contributed by atoms with Crippen LogP contribution in [-0.2, 0) is 6.61 Å². The summed E-state index contributed by atoms with van der Waals surface area (Å²) in [6.45, 7) is 0.468. The molecule has 0 spiro atoms. The van der Waals surface area contributed by atoms with E-state index in [-0.39, 0.29) is 11.3 Å². The molecule has 5 aromatic carbocycles. The second-order valence-electron chi connectivity index (χ2n) is 8.03. The molecule has 172 valence electrons. The molecule has 5 rings (SSSR count). The molecule has 0 aliphatic heterocycles. The van der Waals surface area contributed by atoms with Crippen molar-refractivity contribution in [1.29, 1.82) is 0 Å². The standard InChI is InChI=1S/C29H21IN2O3/c30-26-14-19(12-13-28(26)35-18-23-10-5-9-20-6-3-4-11-24(20)23)17-31-32-29(34)25-15-21-7-1-2-8-22(21)16-27(25)33/h1-17,33H,18H2,(H,32,34). The lowest BCUT2D eigenvalue weighted by Crippen LogP contribution is -2.17. The topological polar surface area (TPSA) is 70.9 Å². The Hall–Kier alpha value is -3.91. The van der Waals surface area contributed by atoms with E-state index in [0.29, 0.717) is 6.61 Å². The van der Waals surface area contributed by atoms with Gasteiger partial charge in [-0.25, -0.2) is 5.43 Å². The van der Waals surface area contributed by atoms with Crippen LogP contribution < -0.4 is 10.2 Å². The molecule has 5 nitrogen and oxygen atoms in total. The van der Waals surface area contributed by atoms with E-state index in [2.05, 4.69) is 57.4 Å². The van der Waals surface area contributed by atoms with Gasteiger partial charge in [-0.05, 0) is 85.6 Å². The van der Waals surface area contributed by atoms with Crippen LogP contribution in [0, 0.1) is 3.57 Å². The van der Waals surface area contributed by atoms with Gasteiger partial charge in [0.15, 0.2) is 0 Å². The molecule has 0 fully saturated rings. The molecule has 2 N–H and O–H groups in total. The SMILES string of the molecule is O=C(NN=Cc1ccc(OCc2cccc3ccccc23)c(I)c1)c1cc2ccccc2cc1O. The van der Waals surface area contributed by atoms with Crippen molar-refractivity contribution < 1.29 is 14.6 Å². The number of amides is 1. The van der Waals surface area contributed by atoms with Gasteiger partial charge in [0.2, 0.25) is 0 Å². The first kappa shape index (κ1) is 22.9. The zero-order valence-corrected chi connectivity index (χ0v) is 20.8. The first-order valence-corrected chi connectivity index (χ1v) is 12.1. The number of nitrogens with one attached hydrogen (secondary N) is 1. The molecule has 0 atom stereocenters. The first-order chi connectivity index (χ1) is 17.1. The van der Waals surface area contributed by atoms with Gasteiger partial charge < -0.3 is 9.84 Å². The first-order valence-electron chi connectivity index (χ1n) is 11.0. The summed E-state index contributed by atoms with van der Waals surface area (Å²) in [5, 5.41) is 18.4. The van der Waals surface area contributed by atoms with Crippen molar-refractivity contribution in [3.63, 3.8) is 0 Å². The van der Waals surface area contributed by atoms with Gasteiger partial charge in [-0.1, -0.05) is 66.7 Å². The molecule has 0 radical (unpaired) electrons. The quantitative estimate of drug-likeness (QED) is 0.136. The molecule has 35 heavy (non-hydrogen) atoms. The lowest BCUT2D eigenvalue weighted by molar-refractivity contribution is 0.0952. The van der Waals surface area contributed by atoms with Crippen LogP contribution >= 0.6 is 22.6 Å². The molecule has 0 aliphatic carbocycles. The summed E-state index contributed by atoms with van der Waals surface area (Å²) in [4.78, 5) is 12.5. The van der Waals surface area contributed by atoms with Crippen LogP contribution in [0.25, 0.3) is 21.5 Å². The predicted octanol–water partition coefficient (Wildman–Crippen LogP) is 6.65. The normalized spacial score (nSPS) is 11.2. The number of hydrogen-bond acceptors (Lipinski definition) is 4. The molecule has 0 aromatic heterocycles. The number of halogens is 1. The van der Waals surface area contributed by atoms with Gasteiger partial charge in [-0.3, -0.25) is 4.79 Å². The fourth-order valence-electron chi connectivity index (χ4n) is 3.92. The largest absolute Gasteiger partial charge is 0.507 e. The van der Waals surface area contributed by atoms with E-state index < -0.39 is 5.91 Å². The molecule has 0 unspecified atom stereocenters. The molecule has 0 bridgehead atoms. The summed E-state index contributed by atoms with van der Waals surface area (Å²) in [7, 11) is 0. The minimum absolute atomic E-state index is 0.0846. The summed E-state index contributed by atoms with van der Waals surface area (Å²) in [5.74, 6) is 0.216. The van der Waals surface area contributed by atoms with E-state index in [0.717, 1.165) is 31.2 Å². The van der Waals surface area contributed by atoms with Crippen molar-refractivity contribution in [2.45, 2.75) is 6.61 Å². The monoisotopic (exact) mass is 572 g/mol. The van der Waals surface area contributed by atoms with Crippen LogP contribution in [-0.4, -0.2) is 17.2 Å². The number of hydrazone groups is 1. The number of carbonyl (C=O) groups excluding carboxylic acids is 1. The molecule has 0 aliphatic rings. The minimum Gasteiger partial charge on any atom is -0.507 e. The maximum Gasteiger partial charge on any atom is 0.275 e. The summed E-state index contributed by atoms with van der Waals surface area (Å²) < 4.78 is 7.02. The Morgan fingerprint density at radius 2 is 1.60 bits per heavy atom. The van der Waals surface area contributed by atoms with Crippen LogP contribution in [0.15, 0.2) is 102 Å². The highest BCUT2D eigenvalue weighted by molar-refractivity contribution is 14.1. The van der Waals surface area contributed by atoms with Crippen molar-refractivity contribution in [2.75, 3.05) is 0 Å². The number of rotatable bonds is 6. The molecule has 5 aromatic rings. The van der Waals surface area contributed by atoms with Crippen LogP contribution in [0.1, 0.15) is 21.5 Å². The number of fused-ring (bicyclic) bond motifs is 2. The molecular weight excluding hydrogens is 551 g/mol. The van der Waals surface area contributed by atoms with Gasteiger partial charge in [0.25, 0.3) is 5.91 Å². The summed E-state index contributed by atoms with van der Waals surface area (Å²) in [6.07, 6.45) is 1.56. The van der Waals surface area contributed by atoms with E-state index in [1.807, 2.05) is 60.7 Å². The van der Waals surface area contributed by atoms with Crippen molar-refractivity contribution in [3.05, 3.63) is 117 Å². The number of nitrogens with zero attached hydrogens (tertiary/aromatic N) is 1. The third kappa shape index (κ3) is 5.12. The minimum atomic E-state index is -0.478. The third-order valence-corrected chi connectivity index (χ3v) is 6.55. The predicted molar refractivity (Wildman–Crippen MR) is 148 cm³/mol. The van der Waals surface area contributed by atoms with Crippen LogP contribution in [0.4, 0.5) is 0 Å². The Morgan fingerprint density at radius 1 is 0.886 bits per heavy atom. The zero-order chi connectivity index (χ0) is 24.2. The number of phenols is 1. The Labute approximate surface area is 216 Å². The van der Waals surface area contributed by atoms with Crippen LogP contribution in [0.5, 0.6) is 11.5 Å². The summed E-state index contributed by atoms with van der Waals surface area (Å²) >= 11 is 2.23. The van der Waals surface area contributed by atoms with Crippen LogP contribution in [0.2, 0.25) is 0 Å². The number of phenolic OH excluding ortho intramolecular Hbond substituents is 1. The Morgan fingerprint density at radius 3 is 2.40 bits per heavy atom. The smallest absolute Gasteiger partial charge is 0.275 e. The van der Waals surface area contributed by atoms with Crippen molar-refractivity contribution in [1.82, 2.24) is 5.43 Å². The third-order valence-electron chi connectivity index (χ3n) is 5.71. The van der Waals surface area contributed by atoms with Gasteiger partial charge in [0.1, 0.15) is 18.1 Å². The van der Waals surface area contributed by atoms with E-state index in [9.17, 15) is 9.90 Å². The average Bonchev–Trinajstić information content (AvgIpc) is 2.87. The van der Waals surface area contributed by atoms with Crippen LogP contribution in [0.3, 0.4) is 0 Å². The Bertz CT molecular complexity index is 1570. The molecule has 1 amide bonds. The maximum absolute atomic E-state index is 12.5. The summed E-state index contributed by atoms with van der Waals surface area (Å²) in [5.41, 5.74) is 4.60. The average molecular weight is 572 g/mol. The van der Waals surface area contributed by atoms with Crippen molar-refractivity contribution >= 4 is 56.3 Å². The number of hydrogen-bond donors (Lipinski definition) is 2. The highest BCUT2D eigenvalue weighted by Gasteiger charge is 2.12. The molecule has 0 saturated heterocycles. The fraction of sp³-hybridized carbons (Fsp3) is 0.0345. The summed E-state index contributed by atoms with van der Waals surface area (Å²) in [6, 6.07) is 30.9. The molecular formula is C29H21IN2O3. The van der Waals surface area contributed by atoms with Gasteiger partial charge in [0.05, 0.1) is 15.3 Å². The van der Waals surface area contributed by atoms with E-state index in [1.54, 1.807) is 18.3 Å². The Balaban J connectivity index is 1.24. The molecule has 6 heteroatoms. The van der Waals surface area contributed by atoms with E-state index >= 15 is 0 Å². The molecule has 0 heterocycles. The fourth-order valence-corrected chi connectivity index (χ4v) is 4.62.